The van der Waals surface area contributed by atoms with Crippen LogP contribution in [0.2, 0.25) is 0 Å². The van der Waals surface area contributed by atoms with Crippen molar-refractivity contribution in [3.8, 4) is 0 Å². The van der Waals surface area contributed by atoms with Crippen LogP contribution in [0.4, 0.5) is 5.13 Å². The van der Waals surface area contributed by atoms with E-state index in [9.17, 15) is 4.79 Å². The van der Waals surface area contributed by atoms with Gasteiger partial charge in [-0.05, 0) is 18.8 Å². The number of anilines is 1. The molecule has 19 heavy (non-hydrogen) atoms. The van der Waals surface area contributed by atoms with Gasteiger partial charge in [0.05, 0.1) is 5.75 Å². The zero-order valence-corrected chi connectivity index (χ0v) is 12.8. The fourth-order valence-corrected chi connectivity index (χ4v) is 4.03. The van der Waals surface area contributed by atoms with Crippen LogP contribution in [0.15, 0.2) is 4.34 Å². The summed E-state index contributed by atoms with van der Waals surface area (Å²) in [5.74, 6) is -0.00934. The second-order valence-corrected chi connectivity index (χ2v) is 7.25. The van der Waals surface area contributed by atoms with E-state index in [1.54, 1.807) is 0 Å². The molecule has 106 valence electrons. The third kappa shape index (κ3) is 4.07. The van der Waals surface area contributed by atoms with Gasteiger partial charge in [-0.15, -0.1) is 10.2 Å². The Morgan fingerprint density at radius 3 is 3.00 bits per heavy atom. The molecule has 0 amide bonds. The molecule has 2 unspecified atom stereocenters. The third-order valence-corrected chi connectivity index (χ3v) is 5.60. The van der Waals surface area contributed by atoms with Crippen LogP contribution in [0.1, 0.15) is 32.6 Å². The van der Waals surface area contributed by atoms with E-state index in [4.69, 9.17) is 5.11 Å². The summed E-state index contributed by atoms with van der Waals surface area (Å²) in [5.41, 5.74) is 0. The minimum atomic E-state index is -0.823. The largest absolute Gasteiger partial charge is 0.481 e. The average Bonchev–Trinajstić information content (AvgIpc) is 2.84. The summed E-state index contributed by atoms with van der Waals surface area (Å²) in [5, 5.41) is 17.8. The van der Waals surface area contributed by atoms with Crippen molar-refractivity contribution in [2.24, 2.45) is 5.92 Å². The van der Waals surface area contributed by atoms with Crippen LogP contribution in [-0.2, 0) is 4.79 Å². The number of carboxylic acid groups (broad SMARTS) is 1. The van der Waals surface area contributed by atoms with E-state index in [1.165, 1.54) is 48.8 Å². The molecular formula is C12H19N3O2S2. The third-order valence-electron chi connectivity index (χ3n) is 3.47. The zero-order valence-electron chi connectivity index (χ0n) is 11.2. The lowest BCUT2D eigenvalue weighted by atomic mass is 9.86. The van der Waals surface area contributed by atoms with Gasteiger partial charge in [0.2, 0.25) is 5.13 Å². The number of nitrogens with zero attached hydrogens (tertiary/aromatic N) is 3. The lowest BCUT2D eigenvalue weighted by molar-refractivity contribution is -0.133. The molecule has 5 nitrogen and oxygen atoms in total. The summed E-state index contributed by atoms with van der Waals surface area (Å²) in [6.07, 6.45) is 5.00. The maximum Gasteiger partial charge on any atom is 0.313 e. The molecule has 1 aromatic heterocycles. The molecule has 1 heterocycles. The highest BCUT2D eigenvalue weighted by molar-refractivity contribution is 8.01. The van der Waals surface area contributed by atoms with Crippen molar-refractivity contribution < 1.29 is 9.90 Å². The summed E-state index contributed by atoms with van der Waals surface area (Å²) < 4.78 is 0.730. The van der Waals surface area contributed by atoms with E-state index in [2.05, 4.69) is 29.1 Å². The first kappa shape index (κ1) is 14.6. The van der Waals surface area contributed by atoms with Gasteiger partial charge in [0, 0.05) is 13.1 Å². The maximum absolute atomic E-state index is 10.5. The highest BCUT2D eigenvalue weighted by atomic mass is 32.2. The summed E-state index contributed by atoms with van der Waals surface area (Å²) >= 11 is 2.71. The average molecular weight is 301 g/mol. The van der Waals surface area contributed by atoms with E-state index < -0.39 is 5.97 Å². The second kappa shape index (κ2) is 6.56. The van der Waals surface area contributed by atoms with Gasteiger partial charge in [-0.3, -0.25) is 4.79 Å². The first-order valence-corrected chi connectivity index (χ1v) is 8.27. The number of thioether (sulfide) groups is 1. The Morgan fingerprint density at radius 2 is 2.32 bits per heavy atom. The first-order chi connectivity index (χ1) is 9.06. The summed E-state index contributed by atoms with van der Waals surface area (Å²) in [4.78, 5) is 12.7. The summed E-state index contributed by atoms with van der Waals surface area (Å²) in [6, 6.07) is 0.536. The number of carboxylic acids is 1. The molecule has 0 aromatic carbocycles. The lowest BCUT2D eigenvalue weighted by Crippen LogP contribution is -2.35. The van der Waals surface area contributed by atoms with Crippen molar-refractivity contribution in [1.29, 1.82) is 0 Å². The maximum atomic E-state index is 10.5. The monoisotopic (exact) mass is 301 g/mol. The molecule has 2 atom stereocenters. The predicted molar refractivity (Wildman–Crippen MR) is 78.1 cm³/mol. The number of aromatic nitrogens is 2. The van der Waals surface area contributed by atoms with Crippen LogP contribution >= 0.6 is 23.1 Å². The molecular weight excluding hydrogens is 282 g/mol. The van der Waals surface area contributed by atoms with E-state index in [0.29, 0.717) is 6.04 Å². The Labute approximate surface area is 121 Å². The van der Waals surface area contributed by atoms with Crippen molar-refractivity contribution in [3.05, 3.63) is 0 Å². The fourth-order valence-electron chi connectivity index (χ4n) is 2.44. The number of hydrogen-bond donors (Lipinski definition) is 1. The SMILES string of the molecule is CC1CCCC(N(C)c2nnc(SCC(=O)O)s2)C1. The highest BCUT2D eigenvalue weighted by Crippen LogP contribution is 2.33. The molecule has 0 bridgehead atoms. The summed E-state index contributed by atoms with van der Waals surface area (Å²) in [6.45, 7) is 2.30. The number of rotatable bonds is 5. The second-order valence-electron chi connectivity index (χ2n) is 5.07. The minimum absolute atomic E-state index is 0.0405. The number of carbonyl (C=O) groups is 1. The van der Waals surface area contributed by atoms with Gasteiger partial charge in [-0.25, -0.2) is 0 Å². The normalized spacial score (nSPS) is 23.3. The van der Waals surface area contributed by atoms with E-state index in [0.717, 1.165) is 15.4 Å². The van der Waals surface area contributed by atoms with Gasteiger partial charge in [0.25, 0.3) is 0 Å². The van der Waals surface area contributed by atoms with Crippen LogP contribution in [0.25, 0.3) is 0 Å². The van der Waals surface area contributed by atoms with E-state index >= 15 is 0 Å². The molecule has 7 heteroatoms. The van der Waals surface area contributed by atoms with E-state index in [-0.39, 0.29) is 5.75 Å². The number of aliphatic carboxylic acids is 1. The Morgan fingerprint density at radius 1 is 1.53 bits per heavy atom. The van der Waals surface area contributed by atoms with Crippen molar-refractivity contribution >= 4 is 34.2 Å². The Kier molecular flexibility index (Phi) is 5.04. The van der Waals surface area contributed by atoms with Gasteiger partial charge in [-0.1, -0.05) is 42.9 Å². The molecule has 1 aliphatic rings. The molecule has 0 aliphatic heterocycles. The summed E-state index contributed by atoms with van der Waals surface area (Å²) in [7, 11) is 2.06. The molecule has 1 aromatic rings. The van der Waals surface area contributed by atoms with Crippen molar-refractivity contribution in [2.75, 3.05) is 17.7 Å². The van der Waals surface area contributed by atoms with Crippen molar-refractivity contribution in [3.63, 3.8) is 0 Å². The Bertz CT molecular complexity index is 438. The molecule has 0 radical (unpaired) electrons. The molecule has 1 aliphatic carbocycles. The lowest BCUT2D eigenvalue weighted by Gasteiger charge is -2.33. The van der Waals surface area contributed by atoms with Gasteiger partial charge in [0.15, 0.2) is 4.34 Å². The topological polar surface area (TPSA) is 66.3 Å². The van der Waals surface area contributed by atoms with Crippen LogP contribution < -0.4 is 4.90 Å². The minimum Gasteiger partial charge on any atom is -0.481 e. The van der Waals surface area contributed by atoms with Crippen LogP contribution in [0, 0.1) is 5.92 Å². The molecule has 0 spiro atoms. The van der Waals surface area contributed by atoms with Gasteiger partial charge >= 0.3 is 5.97 Å². The van der Waals surface area contributed by atoms with Gasteiger partial charge < -0.3 is 10.0 Å². The standard InChI is InChI=1S/C12H19N3O2S2/c1-8-4-3-5-9(6-8)15(2)11-13-14-12(19-11)18-7-10(16)17/h8-9H,3-7H2,1-2H3,(H,16,17). The van der Waals surface area contributed by atoms with Gasteiger partial charge in [-0.2, -0.15) is 0 Å². The zero-order chi connectivity index (χ0) is 13.8. The van der Waals surface area contributed by atoms with Crippen molar-refractivity contribution in [1.82, 2.24) is 10.2 Å². The van der Waals surface area contributed by atoms with Crippen LogP contribution in [0.3, 0.4) is 0 Å². The number of hydrogen-bond acceptors (Lipinski definition) is 6. The molecule has 1 N–H and O–H groups in total. The first-order valence-electron chi connectivity index (χ1n) is 6.47. The predicted octanol–water partition coefficient (Wildman–Crippen LogP) is 2.73. The van der Waals surface area contributed by atoms with Crippen molar-refractivity contribution in [2.45, 2.75) is 43.0 Å². The Balaban J connectivity index is 1.95. The smallest absolute Gasteiger partial charge is 0.313 e. The van der Waals surface area contributed by atoms with Gasteiger partial charge in [0.1, 0.15) is 0 Å². The van der Waals surface area contributed by atoms with Crippen LogP contribution in [0.5, 0.6) is 0 Å². The highest BCUT2D eigenvalue weighted by Gasteiger charge is 2.24. The Hall–Kier alpha value is -0.820. The molecule has 0 saturated heterocycles. The van der Waals surface area contributed by atoms with E-state index in [1.807, 2.05) is 0 Å². The fraction of sp³-hybridized carbons (Fsp3) is 0.750. The van der Waals surface area contributed by atoms with Crippen LogP contribution in [-0.4, -0.2) is 40.1 Å². The quantitative estimate of drug-likeness (QED) is 0.844. The molecule has 1 saturated carbocycles. The molecule has 2 rings (SSSR count). The molecule has 1 fully saturated rings.